The zero-order valence-electron chi connectivity index (χ0n) is 14.1. The van der Waals surface area contributed by atoms with Gasteiger partial charge in [0.1, 0.15) is 0 Å². The summed E-state index contributed by atoms with van der Waals surface area (Å²) < 4.78 is 28.3. The van der Waals surface area contributed by atoms with Crippen LogP contribution in [0.4, 0.5) is 8.78 Å². The molecule has 0 amide bonds. The smallest absolute Gasteiger partial charge is 0.163 e. The van der Waals surface area contributed by atoms with Gasteiger partial charge in [-0.15, -0.1) is 0 Å². The third-order valence-electron chi connectivity index (χ3n) is 4.31. The van der Waals surface area contributed by atoms with Gasteiger partial charge in [-0.05, 0) is 46.0 Å². The van der Waals surface area contributed by atoms with Crippen molar-refractivity contribution in [1.82, 2.24) is 10.2 Å². The summed E-state index contributed by atoms with van der Waals surface area (Å²) in [5.74, 6) is -1.48. The molecule has 0 fully saturated rings. The molecule has 1 N–H and O–H groups in total. The second-order valence-corrected chi connectivity index (χ2v) is 5.92. The highest BCUT2D eigenvalue weighted by Crippen LogP contribution is 2.33. The van der Waals surface area contributed by atoms with E-state index in [9.17, 15) is 8.78 Å². The lowest BCUT2D eigenvalue weighted by molar-refractivity contribution is 0.0900. The molecule has 0 aliphatic heterocycles. The molecule has 120 valence electrons. The van der Waals surface area contributed by atoms with Crippen molar-refractivity contribution >= 4 is 0 Å². The normalized spacial score (nSPS) is 13.8. The van der Waals surface area contributed by atoms with Crippen molar-refractivity contribution < 1.29 is 8.78 Å². The monoisotopic (exact) mass is 298 g/mol. The Balaban J connectivity index is 3.33. The average molecular weight is 298 g/mol. The molecule has 0 heterocycles. The minimum Gasteiger partial charge on any atom is -0.309 e. The van der Waals surface area contributed by atoms with Crippen LogP contribution >= 0.6 is 0 Å². The minimum atomic E-state index is -0.745. The Bertz CT molecular complexity index is 468. The molecule has 0 aliphatic rings. The molecule has 1 atom stereocenters. The highest BCUT2D eigenvalue weighted by Gasteiger charge is 2.36. The lowest BCUT2D eigenvalue weighted by Gasteiger charge is -2.44. The topological polar surface area (TPSA) is 15.3 Å². The standard InChI is InChI=1S/C17H28F2N2/c1-7-20-16(17(5,6)21(8-2)9-3)13-11-10-12(4)14(18)15(13)19/h10-11,16,20H,7-9H2,1-6H3. The van der Waals surface area contributed by atoms with E-state index in [0.717, 1.165) is 13.1 Å². The predicted molar refractivity (Wildman–Crippen MR) is 84.5 cm³/mol. The van der Waals surface area contributed by atoms with Gasteiger partial charge < -0.3 is 5.32 Å². The van der Waals surface area contributed by atoms with Crippen LogP contribution in [0, 0.1) is 18.6 Å². The maximum Gasteiger partial charge on any atom is 0.163 e. The molecule has 1 unspecified atom stereocenters. The van der Waals surface area contributed by atoms with Gasteiger partial charge >= 0.3 is 0 Å². The minimum absolute atomic E-state index is 0.266. The van der Waals surface area contributed by atoms with E-state index in [4.69, 9.17) is 0 Å². The van der Waals surface area contributed by atoms with Crippen LogP contribution in [0.15, 0.2) is 12.1 Å². The molecule has 0 spiro atoms. The van der Waals surface area contributed by atoms with Crippen LogP contribution in [0.5, 0.6) is 0 Å². The lowest BCUT2D eigenvalue weighted by atomic mass is 9.86. The fourth-order valence-electron chi connectivity index (χ4n) is 3.05. The predicted octanol–water partition coefficient (Wildman–Crippen LogP) is 4.04. The van der Waals surface area contributed by atoms with E-state index in [1.165, 1.54) is 0 Å². The van der Waals surface area contributed by atoms with Gasteiger partial charge in [-0.25, -0.2) is 8.78 Å². The summed E-state index contributed by atoms with van der Waals surface area (Å²) in [6.07, 6.45) is 0. The van der Waals surface area contributed by atoms with Gasteiger partial charge in [-0.2, -0.15) is 0 Å². The SMILES string of the molecule is CCNC(c1ccc(C)c(F)c1F)C(C)(C)N(CC)CC. The Labute approximate surface area is 127 Å². The molecule has 0 saturated carbocycles. The molecule has 0 aromatic heterocycles. The molecule has 1 aromatic rings. The van der Waals surface area contributed by atoms with E-state index in [2.05, 4.69) is 37.9 Å². The molecule has 0 bridgehead atoms. The summed E-state index contributed by atoms with van der Waals surface area (Å²) in [4.78, 5) is 2.26. The molecule has 0 radical (unpaired) electrons. The number of likely N-dealkylation sites (N-methyl/N-ethyl adjacent to an activating group) is 2. The largest absolute Gasteiger partial charge is 0.309 e. The second-order valence-electron chi connectivity index (χ2n) is 5.92. The summed E-state index contributed by atoms with van der Waals surface area (Å²) >= 11 is 0. The Morgan fingerprint density at radius 1 is 1.10 bits per heavy atom. The van der Waals surface area contributed by atoms with Crippen molar-refractivity contribution in [1.29, 1.82) is 0 Å². The quantitative estimate of drug-likeness (QED) is 0.817. The van der Waals surface area contributed by atoms with Crippen LogP contribution in [0.1, 0.15) is 51.8 Å². The van der Waals surface area contributed by atoms with E-state index in [-0.39, 0.29) is 11.6 Å². The summed E-state index contributed by atoms with van der Waals surface area (Å²) in [6.45, 7) is 14.3. The Morgan fingerprint density at radius 2 is 1.67 bits per heavy atom. The highest BCUT2D eigenvalue weighted by atomic mass is 19.2. The molecule has 1 rings (SSSR count). The van der Waals surface area contributed by atoms with E-state index in [1.807, 2.05) is 6.92 Å². The number of halogens is 2. The van der Waals surface area contributed by atoms with Crippen molar-refractivity contribution in [2.75, 3.05) is 19.6 Å². The first-order chi connectivity index (χ1) is 9.81. The fourth-order valence-corrected chi connectivity index (χ4v) is 3.05. The average Bonchev–Trinajstić information content (AvgIpc) is 2.44. The Morgan fingerprint density at radius 3 is 2.14 bits per heavy atom. The van der Waals surface area contributed by atoms with Crippen LogP contribution in [0.2, 0.25) is 0 Å². The first-order valence-electron chi connectivity index (χ1n) is 7.74. The first-order valence-corrected chi connectivity index (χ1v) is 7.74. The third-order valence-corrected chi connectivity index (χ3v) is 4.31. The van der Waals surface area contributed by atoms with E-state index < -0.39 is 11.6 Å². The summed E-state index contributed by atoms with van der Waals surface area (Å²) in [6, 6.07) is 3.08. The van der Waals surface area contributed by atoms with Gasteiger partial charge in [0.15, 0.2) is 11.6 Å². The number of nitrogens with zero attached hydrogens (tertiary/aromatic N) is 1. The second kappa shape index (κ2) is 7.32. The van der Waals surface area contributed by atoms with Crippen LogP contribution in [0.3, 0.4) is 0 Å². The molecule has 4 heteroatoms. The number of aryl methyl sites for hydroxylation is 1. The van der Waals surface area contributed by atoms with E-state index >= 15 is 0 Å². The molecular weight excluding hydrogens is 270 g/mol. The van der Waals surface area contributed by atoms with Gasteiger partial charge in [0, 0.05) is 11.1 Å². The van der Waals surface area contributed by atoms with Gasteiger partial charge in [0.05, 0.1) is 6.04 Å². The fraction of sp³-hybridized carbons (Fsp3) is 0.647. The van der Waals surface area contributed by atoms with Crippen molar-refractivity contribution in [3.05, 3.63) is 34.9 Å². The van der Waals surface area contributed by atoms with Crippen LogP contribution < -0.4 is 5.32 Å². The van der Waals surface area contributed by atoms with Crippen molar-refractivity contribution in [2.24, 2.45) is 0 Å². The number of benzene rings is 1. The van der Waals surface area contributed by atoms with Crippen LogP contribution in [-0.2, 0) is 0 Å². The van der Waals surface area contributed by atoms with Crippen molar-refractivity contribution in [2.45, 2.75) is 53.1 Å². The molecule has 21 heavy (non-hydrogen) atoms. The van der Waals surface area contributed by atoms with E-state index in [1.54, 1.807) is 19.1 Å². The van der Waals surface area contributed by atoms with Gasteiger partial charge in [0.2, 0.25) is 0 Å². The number of hydrogen-bond donors (Lipinski definition) is 1. The molecule has 1 aromatic carbocycles. The van der Waals surface area contributed by atoms with Gasteiger partial charge in [0.25, 0.3) is 0 Å². The van der Waals surface area contributed by atoms with Crippen LogP contribution in [0.25, 0.3) is 0 Å². The van der Waals surface area contributed by atoms with Gasteiger partial charge in [-0.3, -0.25) is 4.90 Å². The Kier molecular flexibility index (Phi) is 6.29. The van der Waals surface area contributed by atoms with Crippen LogP contribution in [-0.4, -0.2) is 30.1 Å². The third kappa shape index (κ3) is 3.61. The highest BCUT2D eigenvalue weighted by molar-refractivity contribution is 5.30. The zero-order chi connectivity index (χ0) is 16.2. The summed E-state index contributed by atoms with van der Waals surface area (Å²) in [7, 11) is 0. The maximum absolute atomic E-state index is 14.4. The number of hydrogen-bond acceptors (Lipinski definition) is 2. The lowest BCUT2D eigenvalue weighted by Crippen LogP contribution is -2.52. The van der Waals surface area contributed by atoms with Crippen molar-refractivity contribution in [3.8, 4) is 0 Å². The summed E-state index contributed by atoms with van der Waals surface area (Å²) in [5, 5.41) is 3.33. The van der Waals surface area contributed by atoms with Gasteiger partial charge in [-0.1, -0.05) is 32.9 Å². The number of rotatable bonds is 7. The number of nitrogens with one attached hydrogen (secondary N) is 1. The van der Waals surface area contributed by atoms with Crippen molar-refractivity contribution in [3.63, 3.8) is 0 Å². The zero-order valence-corrected chi connectivity index (χ0v) is 14.1. The van der Waals surface area contributed by atoms with E-state index in [0.29, 0.717) is 17.7 Å². The maximum atomic E-state index is 14.4. The molecule has 0 saturated heterocycles. The Hall–Kier alpha value is -1.00. The summed E-state index contributed by atoms with van der Waals surface area (Å²) in [5.41, 5.74) is 0.422. The molecular formula is C17H28F2N2. The molecule has 2 nitrogen and oxygen atoms in total. The molecule has 0 aliphatic carbocycles. The first kappa shape index (κ1) is 18.1.